The number of hydrogen-bond acceptors (Lipinski definition) is 4. The van der Waals surface area contributed by atoms with E-state index in [0.29, 0.717) is 17.8 Å². The molecule has 0 unspecified atom stereocenters. The largest absolute Gasteiger partial charge is 0.481 e. The molecule has 1 aromatic heterocycles. The Bertz CT molecular complexity index is 256. The van der Waals surface area contributed by atoms with Gasteiger partial charge in [0.1, 0.15) is 11.4 Å². The number of hydrogen-bond donors (Lipinski definition) is 1. The zero-order valence-electron chi connectivity index (χ0n) is 6.07. The first-order valence-corrected chi connectivity index (χ1v) is 3.26. The van der Waals surface area contributed by atoms with Gasteiger partial charge in [-0.25, -0.2) is 4.63 Å². The van der Waals surface area contributed by atoms with Crippen LogP contribution in [0.3, 0.4) is 0 Å². The van der Waals surface area contributed by atoms with Crippen LogP contribution in [0.25, 0.3) is 0 Å². The van der Waals surface area contributed by atoms with Crippen molar-refractivity contribution in [2.45, 2.75) is 19.8 Å². The normalized spacial score (nSPS) is 9.91. The van der Waals surface area contributed by atoms with E-state index in [2.05, 4.69) is 14.9 Å². The highest BCUT2D eigenvalue weighted by Crippen LogP contribution is 2.03. The number of rotatable bonds is 3. The third-order valence-corrected chi connectivity index (χ3v) is 1.29. The highest BCUT2D eigenvalue weighted by Gasteiger charge is 2.10. The van der Waals surface area contributed by atoms with Gasteiger partial charge >= 0.3 is 5.97 Å². The van der Waals surface area contributed by atoms with E-state index in [0.717, 1.165) is 0 Å². The van der Waals surface area contributed by atoms with E-state index in [1.807, 2.05) is 6.92 Å². The van der Waals surface area contributed by atoms with Gasteiger partial charge in [-0.2, -0.15) is 0 Å². The Kier molecular flexibility index (Phi) is 2.20. The highest BCUT2D eigenvalue weighted by atomic mass is 16.6. The van der Waals surface area contributed by atoms with E-state index in [4.69, 9.17) is 5.11 Å². The minimum Gasteiger partial charge on any atom is -0.481 e. The van der Waals surface area contributed by atoms with Crippen molar-refractivity contribution in [1.82, 2.24) is 10.3 Å². The van der Waals surface area contributed by atoms with E-state index in [1.165, 1.54) is 0 Å². The van der Waals surface area contributed by atoms with Crippen molar-refractivity contribution in [3.05, 3.63) is 11.4 Å². The maximum atomic E-state index is 10.2. The third-order valence-electron chi connectivity index (χ3n) is 1.29. The van der Waals surface area contributed by atoms with Crippen molar-refractivity contribution < 1.29 is 14.5 Å². The molecule has 1 rings (SSSR count). The van der Waals surface area contributed by atoms with E-state index >= 15 is 0 Å². The Morgan fingerprint density at radius 2 is 2.18 bits per heavy atom. The first-order chi connectivity index (χ1) is 5.24. The molecule has 0 bridgehead atoms. The fourth-order valence-corrected chi connectivity index (χ4v) is 0.770. The summed E-state index contributed by atoms with van der Waals surface area (Å²) in [6.07, 6.45) is 0.527. The van der Waals surface area contributed by atoms with Crippen LogP contribution >= 0.6 is 0 Å². The smallest absolute Gasteiger partial charge is 0.309 e. The second-order valence-electron chi connectivity index (χ2n) is 2.08. The number of carboxylic acids is 1. The molecule has 0 aliphatic heterocycles. The van der Waals surface area contributed by atoms with E-state index in [-0.39, 0.29) is 6.42 Å². The lowest BCUT2D eigenvalue weighted by Crippen LogP contribution is -2.02. The van der Waals surface area contributed by atoms with Gasteiger partial charge in [0.05, 0.1) is 6.42 Å². The number of nitrogens with zero attached hydrogens (tertiary/aromatic N) is 2. The molecule has 0 saturated heterocycles. The molecular formula is C6H8N2O3. The van der Waals surface area contributed by atoms with Crippen LogP contribution in [0.15, 0.2) is 4.63 Å². The van der Waals surface area contributed by atoms with Crippen molar-refractivity contribution >= 4 is 5.97 Å². The van der Waals surface area contributed by atoms with Crippen LogP contribution in [0.2, 0.25) is 0 Å². The lowest BCUT2D eigenvalue weighted by molar-refractivity contribution is -0.136. The Morgan fingerprint density at radius 3 is 2.73 bits per heavy atom. The first-order valence-electron chi connectivity index (χ1n) is 3.26. The van der Waals surface area contributed by atoms with Crippen LogP contribution < -0.4 is 0 Å². The summed E-state index contributed by atoms with van der Waals surface area (Å²) in [5, 5.41) is 15.4. The minimum absolute atomic E-state index is 0.118. The Hall–Kier alpha value is -1.39. The molecule has 0 amide bonds. The van der Waals surface area contributed by atoms with Crippen molar-refractivity contribution in [1.29, 1.82) is 0 Å². The Labute approximate surface area is 63.0 Å². The van der Waals surface area contributed by atoms with Gasteiger partial charge < -0.3 is 5.11 Å². The van der Waals surface area contributed by atoms with Gasteiger partial charge in [0.2, 0.25) is 0 Å². The molecular weight excluding hydrogens is 148 g/mol. The standard InChI is InChI=1S/C6H8N2O3/c1-2-4-5(3-6(9)10)8-11-7-4/h2-3H2,1H3,(H,9,10). The molecule has 1 heterocycles. The van der Waals surface area contributed by atoms with Gasteiger partial charge in [-0.1, -0.05) is 17.2 Å². The van der Waals surface area contributed by atoms with E-state index in [9.17, 15) is 4.79 Å². The molecule has 0 fully saturated rings. The highest BCUT2D eigenvalue weighted by molar-refractivity contribution is 5.69. The summed E-state index contributed by atoms with van der Waals surface area (Å²) in [6, 6.07) is 0. The van der Waals surface area contributed by atoms with Gasteiger partial charge in [0, 0.05) is 0 Å². The summed E-state index contributed by atoms with van der Waals surface area (Å²) in [5.41, 5.74) is 1.03. The Balaban J connectivity index is 2.76. The molecule has 1 N–H and O–H groups in total. The van der Waals surface area contributed by atoms with Crippen LogP contribution in [0.1, 0.15) is 18.3 Å². The summed E-state index contributed by atoms with van der Waals surface area (Å²) in [5.74, 6) is -0.921. The lowest BCUT2D eigenvalue weighted by atomic mass is 10.2. The first kappa shape index (κ1) is 7.71. The summed E-state index contributed by atoms with van der Waals surface area (Å²) >= 11 is 0. The second kappa shape index (κ2) is 3.14. The number of aromatic nitrogens is 2. The maximum absolute atomic E-state index is 10.2. The number of carbonyl (C=O) groups is 1. The molecule has 60 valence electrons. The van der Waals surface area contributed by atoms with E-state index < -0.39 is 5.97 Å². The monoisotopic (exact) mass is 156 g/mol. The molecule has 0 saturated carbocycles. The summed E-state index contributed by atoms with van der Waals surface area (Å²) < 4.78 is 4.37. The van der Waals surface area contributed by atoms with Crippen molar-refractivity contribution in [3.8, 4) is 0 Å². The average Bonchev–Trinajstić information content (AvgIpc) is 2.34. The number of carboxylic acid groups (broad SMARTS) is 1. The van der Waals surface area contributed by atoms with Gasteiger partial charge in [-0.3, -0.25) is 4.79 Å². The van der Waals surface area contributed by atoms with Crippen LogP contribution in [0.5, 0.6) is 0 Å². The SMILES string of the molecule is CCc1nonc1CC(=O)O. The molecule has 5 nitrogen and oxygen atoms in total. The lowest BCUT2D eigenvalue weighted by Gasteiger charge is -1.89. The summed E-state index contributed by atoms with van der Waals surface area (Å²) in [7, 11) is 0. The zero-order valence-corrected chi connectivity index (χ0v) is 6.07. The van der Waals surface area contributed by atoms with Crippen molar-refractivity contribution in [2.75, 3.05) is 0 Å². The van der Waals surface area contributed by atoms with Crippen LogP contribution in [-0.2, 0) is 17.6 Å². The molecule has 5 heteroatoms. The summed E-state index contributed by atoms with van der Waals surface area (Å²) in [4.78, 5) is 10.2. The van der Waals surface area contributed by atoms with Crippen LogP contribution in [0.4, 0.5) is 0 Å². The minimum atomic E-state index is -0.921. The third kappa shape index (κ3) is 1.76. The fraction of sp³-hybridized carbons (Fsp3) is 0.500. The molecule has 0 spiro atoms. The molecule has 0 atom stereocenters. The van der Waals surface area contributed by atoms with Crippen molar-refractivity contribution in [2.24, 2.45) is 0 Å². The molecule has 0 aromatic carbocycles. The summed E-state index contributed by atoms with van der Waals surface area (Å²) in [6.45, 7) is 1.87. The fourth-order valence-electron chi connectivity index (χ4n) is 0.770. The quantitative estimate of drug-likeness (QED) is 0.679. The molecule has 0 aliphatic rings. The number of aliphatic carboxylic acids is 1. The second-order valence-corrected chi connectivity index (χ2v) is 2.08. The van der Waals surface area contributed by atoms with Crippen LogP contribution in [-0.4, -0.2) is 21.4 Å². The molecule has 0 radical (unpaired) electrons. The topological polar surface area (TPSA) is 76.2 Å². The maximum Gasteiger partial charge on any atom is 0.309 e. The van der Waals surface area contributed by atoms with Gasteiger partial charge in [0.25, 0.3) is 0 Å². The van der Waals surface area contributed by atoms with Crippen molar-refractivity contribution in [3.63, 3.8) is 0 Å². The number of aryl methyl sites for hydroxylation is 1. The van der Waals surface area contributed by atoms with Gasteiger partial charge in [0.15, 0.2) is 0 Å². The zero-order chi connectivity index (χ0) is 8.27. The van der Waals surface area contributed by atoms with Gasteiger partial charge in [-0.15, -0.1) is 0 Å². The molecule has 11 heavy (non-hydrogen) atoms. The molecule has 0 aliphatic carbocycles. The van der Waals surface area contributed by atoms with E-state index in [1.54, 1.807) is 0 Å². The predicted molar refractivity (Wildman–Crippen MR) is 35.0 cm³/mol. The molecule has 1 aromatic rings. The average molecular weight is 156 g/mol. The Morgan fingerprint density at radius 1 is 1.55 bits per heavy atom. The van der Waals surface area contributed by atoms with Crippen LogP contribution in [0, 0.1) is 0 Å². The predicted octanol–water partition coefficient (Wildman–Crippen LogP) is 0.259. The van der Waals surface area contributed by atoms with Gasteiger partial charge in [-0.05, 0) is 6.42 Å².